The highest BCUT2D eigenvalue weighted by Gasteiger charge is 2.12. The lowest BCUT2D eigenvalue weighted by Gasteiger charge is -2.15. The van der Waals surface area contributed by atoms with Crippen molar-refractivity contribution in [3.8, 4) is 0 Å². The van der Waals surface area contributed by atoms with E-state index >= 15 is 0 Å². The molecule has 0 amide bonds. The van der Waals surface area contributed by atoms with Crippen LogP contribution in [0.1, 0.15) is 28.4 Å². The molecule has 0 aliphatic heterocycles. The number of hydrogen-bond acceptors (Lipinski definition) is 2. The summed E-state index contributed by atoms with van der Waals surface area (Å²) in [7, 11) is 0. The molecular weight excluding hydrogens is 290 g/mol. The normalized spacial score (nSPS) is 12.4. The molecule has 1 atom stereocenters. The topological polar surface area (TPSA) is 33.1 Å². The number of halogens is 1. The fraction of sp³-hybridized carbons (Fsp3) is 0.267. The van der Waals surface area contributed by atoms with Crippen molar-refractivity contribution in [3.63, 3.8) is 0 Å². The Morgan fingerprint density at radius 3 is 2.78 bits per heavy atom. The van der Waals surface area contributed by atoms with Gasteiger partial charge in [-0.2, -0.15) is 0 Å². The van der Waals surface area contributed by atoms with Gasteiger partial charge in [0.2, 0.25) is 0 Å². The monoisotopic (exact) mass is 305 g/mol. The number of aliphatic hydroxyl groups is 1. The minimum Gasteiger partial charge on any atom is -0.388 e. The summed E-state index contributed by atoms with van der Waals surface area (Å²) in [4.78, 5) is 4.11. The van der Waals surface area contributed by atoms with Gasteiger partial charge in [0.15, 0.2) is 0 Å². The van der Waals surface area contributed by atoms with Crippen LogP contribution in [0.25, 0.3) is 0 Å². The van der Waals surface area contributed by atoms with Gasteiger partial charge in [0.25, 0.3) is 0 Å². The zero-order chi connectivity index (χ0) is 13.1. The fourth-order valence-corrected chi connectivity index (χ4v) is 2.45. The molecule has 0 saturated carbocycles. The van der Waals surface area contributed by atoms with E-state index in [0.29, 0.717) is 6.42 Å². The summed E-state index contributed by atoms with van der Waals surface area (Å²) in [5.74, 6) is 0. The summed E-state index contributed by atoms with van der Waals surface area (Å²) in [6.45, 7) is 4.11. The molecule has 0 bridgehead atoms. The van der Waals surface area contributed by atoms with E-state index in [0.717, 1.165) is 21.2 Å². The highest BCUT2D eigenvalue weighted by atomic mass is 79.9. The third-order valence-corrected chi connectivity index (χ3v) is 3.63. The number of aryl methyl sites for hydroxylation is 1. The maximum atomic E-state index is 10.3. The molecule has 2 aromatic rings. The van der Waals surface area contributed by atoms with E-state index in [2.05, 4.69) is 33.9 Å². The van der Waals surface area contributed by atoms with Crippen molar-refractivity contribution in [1.82, 2.24) is 4.98 Å². The van der Waals surface area contributed by atoms with Gasteiger partial charge in [0, 0.05) is 23.3 Å². The molecule has 0 aliphatic rings. The molecule has 0 radical (unpaired) electrons. The van der Waals surface area contributed by atoms with E-state index in [4.69, 9.17) is 0 Å². The molecule has 18 heavy (non-hydrogen) atoms. The molecular formula is C15H16BrNO. The van der Waals surface area contributed by atoms with Gasteiger partial charge in [-0.25, -0.2) is 0 Å². The predicted octanol–water partition coefficient (Wildman–Crippen LogP) is 3.74. The lowest BCUT2D eigenvalue weighted by molar-refractivity contribution is 0.177. The second-order valence-corrected chi connectivity index (χ2v) is 5.44. The first kappa shape index (κ1) is 13.2. The first-order valence-corrected chi connectivity index (χ1v) is 6.71. The van der Waals surface area contributed by atoms with Crippen LogP contribution in [0.4, 0.5) is 0 Å². The van der Waals surface area contributed by atoms with Gasteiger partial charge in [0.05, 0.1) is 6.10 Å². The predicted molar refractivity (Wildman–Crippen MR) is 76.5 cm³/mol. The molecule has 1 heterocycles. The van der Waals surface area contributed by atoms with Gasteiger partial charge in [-0.15, -0.1) is 0 Å². The average Bonchev–Trinajstić information content (AvgIpc) is 2.32. The summed E-state index contributed by atoms with van der Waals surface area (Å²) in [5, 5.41) is 10.3. The van der Waals surface area contributed by atoms with E-state index in [-0.39, 0.29) is 0 Å². The second-order valence-electron chi connectivity index (χ2n) is 4.52. The third-order valence-electron chi connectivity index (χ3n) is 3.20. The van der Waals surface area contributed by atoms with Crippen LogP contribution < -0.4 is 0 Å². The summed E-state index contributed by atoms with van der Waals surface area (Å²) in [6.07, 6.45) is 3.63. The number of benzene rings is 1. The highest BCUT2D eigenvalue weighted by molar-refractivity contribution is 9.10. The van der Waals surface area contributed by atoms with E-state index in [1.165, 1.54) is 5.56 Å². The minimum atomic E-state index is -0.485. The Morgan fingerprint density at radius 1 is 1.28 bits per heavy atom. The summed E-state index contributed by atoms with van der Waals surface area (Å²) in [5.41, 5.74) is 4.39. The fourth-order valence-electron chi connectivity index (χ4n) is 2.04. The molecule has 1 N–H and O–H groups in total. The Balaban J connectivity index is 2.22. The molecule has 0 aliphatic carbocycles. The van der Waals surface area contributed by atoms with Crippen molar-refractivity contribution in [2.24, 2.45) is 0 Å². The quantitative estimate of drug-likeness (QED) is 0.937. The van der Waals surface area contributed by atoms with Crippen molar-refractivity contribution in [2.45, 2.75) is 26.4 Å². The van der Waals surface area contributed by atoms with Gasteiger partial charge in [-0.3, -0.25) is 4.98 Å². The van der Waals surface area contributed by atoms with Gasteiger partial charge >= 0.3 is 0 Å². The highest BCUT2D eigenvalue weighted by Crippen LogP contribution is 2.24. The van der Waals surface area contributed by atoms with E-state index in [9.17, 15) is 5.11 Å². The van der Waals surface area contributed by atoms with Crippen LogP contribution in [0.2, 0.25) is 0 Å². The average molecular weight is 306 g/mol. The molecule has 1 aromatic carbocycles. The first-order valence-electron chi connectivity index (χ1n) is 5.91. The lowest BCUT2D eigenvalue weighted by Crippen LogP contribution is -2.05. The van der Waals surface area contributed by atoms with Crippen LogP contribution in [0.15, 0.2) is 41.1 Å². The van der Waals surface area contributed by atoms with Crippen LogP contribution in [0, 0.1) is 13.8 Å². The zero-order valence-corrected chi connectivity index (χ0v) is 12.1. The third kappa shape index (κ3) is 2.98. The molecule has 0 saturated heterocycles. The summed E-state index contributed by atoms with van der Waals surface area (Å²) >= 11 is 3.39. The Labute approximate surface area is 116 Å². The lowest BCUT2D eigenvalue weighted by atomic mass is 9.96. The number of aromatic nitrogens is 1. The van der Waals surface area contributed by atoms with Crippen molar-refractivity contribution in [1.29, 1.82) is 0 Å². The van der Waals surface area contributed by atoms with Gasteiger partial charge in [-0.1, -0.05) is 18.2 Å². The first-order chi connectivity index (χ1) is 8.58. The molecule has 2 rings (SSSR count). The van der Waals surface area contributed by atoms with Crippen LogP contribution in [-0.2, 0) is 6.42 Å². The Kier molecular flexibility index (Phi) is 4.15. The molecule has 2 nitrogen and oxygen atoms in total. The molecule has 1 aromatic heterocycles. The van der Waals surface area contributed by atoms with E-state index in [1.54, 1.807) is 12.4 Å². The SMILES string of the molecule is Cc1cccc(C(O)Cc2cncc(Br)c2)c1C. The van der Waals surface area contributed by atoms with Gasteiger partial charge in [-0.05, 0) is 58.1 Å². The van der Waals surface area contributed by atoms with Crippen LogP contribution in [0.5, 0.6) is 0 Å². The van der Waals surface area contributed by atoms with Gasteiger partial charge < -0.3 is 5.11 Å². The molecule has 1 unspecified atom stereocenters. The summed E-state index contributed by atoms with van der Waals surface area (Å²) < 4.78 is 0.938. The zero-order valence-electron chi connectivity index (χ0n) is 10.5. The number of nitrogens with zero attached hydrogens (tertiary/aromatic N) is 1. The molecule has 3 heteroatoms. The van der Waals surface area contributed by atoms with Crippen molar-refractivity contribution in [2.75, 3.05) is 0 Å². The van der Waals surface area contributed by atoms with Crippen LogP contribution in [-0.4, -0.2) is 10.1 Å². The number of pyridine rings is 1. The second kappa shape index (κ2) is 5.63. The van der Waals surface area contributed by atoms with Crippen LogP contribution in [0.3, 0.4) is 0 Å². The van der Waals surface area contributed by atoms with Crippen molar-refractivity contribution >= 4 is 15.9 Å². The Morgan fingerprint density at radius 2 is 2.06 bits per heavy atom. The van der Waals surface area contributed by atoms with E-state index < -0.39 is 6.10 Å². The summed E-state index contributed by atoms with van der Waals surface area (Å²) in [6, 6.07) is 8.02. The maximum absolute atomic E-state index is 10.3. The smallest absolute Gasteiger partial charge is 0.0833 e. The van der Waals surface area contributed by atoms with Crippen molar-refractivity contribution < 1.29 is 5.11 Å². The molecule has 0 fully saturated rings. The minimum absolute atomic E-state index is 0.485. The van der Waals surface area contributed by atoms with Crippen molar-refractivity contribution in [3.05, 3.63) is 63.4 Å². The van der Waals surface area contributed by atoms with E-state index in [1.807, 2.05) is 25.1 Å². The number of hydrogen-bond donors (Lipinski definition) is 1. The number of rotatable bonds is 3. The maximum Gasteiger partial charge on any atom is 0.0833 e. The number of aliphatic hydroxyl groups excluding tert-OH is 1. The van der Waals surface area contributed by atoms with Crippen LogP contribution >= 0.6 is 15.9 Å². The van der Waals surface area contributed by atoms with Gasteiger partial charge in [0.1, 0.15) is 0 Å². The molecule has 94 valence electrons. The molecule has 0 spiro atoms. The Hall–Kier alpha value is -1.19. The standard InChI is InChI=1S/C15H16BrNO/c1-10-4-3-5-14(11(10)2)15(18)7-12-6-13(16)9-17-8-12/h3-6,8-9,15,18H,7H2,1-2H3. The Bertz CT molecular complexity index is 554. The largest absolute Gasteiger partial charge is 0.388 e.